The highest BCUT2D eigenvalue weighted by atomic mass is 35.5. The molecule has 0 aliphatic heterocycles. The number of halogens is 2. The first-order chi connectivity index (χ1) is 7.69. The van der Waals surface area contributed by atoms with Crippen LogP contribution in [0.25, 0.3) is 0 Å². The monoisotopic (exact) mass is 272 g/mol. The van der Waals surface area contributed by atoms with Crippen molar-refractivity contribution in [3.05, 3.63) is 39.9 Å². The molecule has 0 spiro atoms. The molecule has 1 heterocycles. The maximum Gasteiger partial charge on any atom is 0.187 e. The second kappa shape index (κ2) is 5.04. The Morgan fingerprint density at radius 1 is 1.44 bits per heavy atom. The number of hydrogen-bond acceptors (Lipinski definition) is 3. The fraction of sp³-hybridized carbons (Fsp3) is 0.182. The minimum Gasteiger partial charge on any atom is -0.331 e. The van der Waals surface area contributed by atoms with Crippen LogP contribution in [0, 0.1) is 6.92 Å². The third kappa shape index (κ3) is 2.67. The van der Waals surface area contributed by atoms with Crippen molar-refractivity contribution in [3.8, 4) is 0 Å². The molecule has 0 saturated carbocycles. The maximum absolute atomic E-state index is 6.03. The number of rotatable bonds is 3. The number of benzene rings is 1. The first-order valence-electron chi connectivity index (χ1n) is 4.72. The summed E-state index contributed by atoms with van der Waals surface area (Å²) in [7, 11) is 0. The Labute approximate surface area is 108 Å². The minimum absolute atomic E-state index is 0.437. The molecule has 0 atom stereocenters. The van der Waals surface area contributed by atoms with E-state index in [1.807, 2.05) is 30.5 Å². The quantitative estimate of drug-likeness (QED) is 0.827. The van der Waals surface area contributed by atoms with E-state index >= 15 is 0 Å². The van der Waals surface area contributed by atoms with E-state index in [1.165, 1.54) is 11.3 Å². The average molecular weight is 273 g/mol. The highest BCUT2D eigenvalue weighted by Crippen LogP contribution is 2.25. The molecule has 0 radical (unpaired) electrons. The van der Waals surface area contributed by atoms with Gasteiger partial charge in [-0.1, -0.05) is 17.7 Å². The normalized spacial score (nSPS) is 10.4. The first-order valence-corrected chi connectivity index (χ1v) is 6.52. The number of aryl methyl sites for hydroxylation is 1. The molecule has 0 bridgehead atoms. The zero-order valence-electron chi connectivity index (χ0n) is 8.63. The lowest BCUT2D eigenvalue weighted by molar-refractivity contribution is 1.22. The van der Waals surface area contributed by atoms with E-state index in [0.717, 1.165) is 27.1 Å². The second-order valence-corrected chi connectivity index (χ2v) is 4.90. The number of anilines is 2. The zero-order chi connectivity index (χ0) is 11.5. The third-order valence-electron chi connectivity index (χ3n) is 2.11. The van der Waals surface area contributed by atoms with Crippen LogP contribution in [-0.4, -0.2) is 4.98 Å². The van der Waals surface area contributed by atoms with Crippen molar-refractivity contribution in [2.24, 2.45) is 0 Å². The van der Waals surface area contributed by atoms with E-state index < -0.39 is 0 Å². The standard InChI is InChI=1S/C11H10Cl2N2S/c1-7-2-3-8(4-10(7)13)14-11-15-9(5-12)6-16-11/h2-4,6H,5H2,1H3,(H,14,15). The van der Waals surface area contributed by atoms with Gasteiger partial charge >= 0.3 is 0 Å². The molecule has 0 aliphatic rings. The number of aromatic nitrogens is 1. The van der Waals surface area contributed by atoms with Gasteiger partial charge in [0, 0.05) is 16.1 Å². The van der Waals surface area contributed by atoms with Crippen LogP contribution in [0.5, 0.6) is 0 Å². The zero-order valence-corrected chi connectivity index (χ0v) is 11.0. The van der Waals surface area contributed by atoms with Gasteiger partial charge in [-0.3, -0.25) is 0 Å². The molecular weight excluding hydrogens is 263 g/mol. The highest BCUT2D eigenvalue weighted by Gasteiger charge is 2.02. The summed E-state index contributed by atoms with van der Waals surface area (Å²) in [5.74, 6) is 0.437. The number of hydrogen-bond donors (Lipinski definition) is 1. The van der Waals surface area contributed by atoms with Crippen LogP contribution in [0.4, 0.5) is 10.8 Å². The predicted octanol–water partition coefficient (Wildman–Crippen LogP) is 4.59. The summed E-state index contributed by atoms with van der Waals surface area (Å²) in [4.78, 5) is 4.31. The van der Waals surface area contributed by atoms with Crippen LogP contribution in [0.3, 0.4) is 0 Å². The van der Waals surface area contributed by atoms with E-state index in [2.05, 4.69) is 10.3 Å². The van der Waals surface area contributed by atoms with Gasteiger partial charge in [0.1, 0.15) is 0 Å². The fourth-order valence-corrected chi connectivity index (χ4v) is 2.36. The third-order valence-corrected chi connectivity index (χ3v) is 3.60. The maximum atomic E-state index is 6.03. The largest absolute Gasteiger partial charge is 0.331 e. The van der Waals surface area contributed by atoms with Gasteiger partial charge in [-0.25, -0.2) is 4.98 Å². The van der Waals surface area contributed by atoms with Crippen molar-refractivity contribution in [1.29, 1.82) is 0 Å². The number of nitrogens with zero attached hydrogens (tertiary/aromatic N) is 1. The molecule has 1 aromatic heterocycles. The van der Waals surface area contributed by atoms with Crippen molar-refractivity contribution >= 4 is 45.4 Å². The predicted molar refractivity (Wildman–Crippen MR) is 71.1 cm³/mol. The van der Waals surface area contributed by atoms with Crippen LogP contribution in [0.2, 0.25) is 5.02 Å². The molecule has 0 fully saturated rings. The molecule has 0 saturated heterocycles. The molecule has 16 heavy (non-hydrogen) atoms. The molecule has 0 amide bonds. The van der Waals surface area contributed by atoms with Crippen LogP contribution in [0.1, 0.15) is 11.3 Å². The Hall–Kier alpha value is -0.770. The van der Waals surface area contributed by atoms with Gasteiger partial charge in [-0.05, 0) is 24.6 Å². The summed E-state index contributed by atoms with van der Waals surface area (Å²) >= 11 is 13.2. The lowest BCUT2D eigenvalue weighted by Crippen LogP contribution is -1.90. The van der Waals surface area contributed by atoms with Crippen molar-refractivity contribution in [2.45, 2.75) is 12.8 Å². The van der Waals surface area contributed by atoms with Crippen molar-refractivity contribution < 1.29 is 0 Å². The van der Waals surface area contributed by atoms with Gasteiger partial charge in [0.15, 0.2) is 5.13 Å². The van der Waals surface area contributed by atoms with Gasteiger partial charge in [0.25, 0.3) is 0 Å². The fourth-order valence-electron chi connectivity index (χ4n) is 1.22. The van der Waals surface area contributed by atoms with Gasteiger partial charge in [-0.15, -0.1) is 22.9 Å². The molecule has 84 valence electrons. The van der Waals surface area contributed by atoms with Crippen LogP contribution in [-0.2, 0) is 5.88 Å². The summed E-state index contributed by atoms with van der Waals surface area (Å²) in [5.41, 5.74) is 2.88. The molecule has 0 aliphatic carbocycles. The minimum atomic E-state index is 0.437. The smallest absolute Gasteiger partial charge is 0.187 e. The molecule has 1 N–H and O–H groups in total. The Bertz CT molecular complexity index is 496. The molecule has 5 heteroatoms. The lowest BCUT2D eigenvalue weighted by atomic mass is 10.2. The van der Waals surface area contributed by atoms with Gasteiger partial charge < -0.3 is 5.32 Å². The van der Waals surface area contributed by atoms with Gasteiger partial charge in [-0.2, -0.15) is 0 Å². The summed E-state index contributed by atoms with van der Waals surface area (Å²) in [6.45, 7) is 1.97. The van der Waals surface area contributed by atoms with Crippen molar-refractivity contribution in [1.82, 2.24) is 4.98 Å². The van der Waals surface area contributed by atoms with Crippen LogP contribution < -0.4 is 5.32 Å². The lowest BCUT2D eigenvalue weighted by Gasteiger charge is -2.04. The SMILES string of the molecule is Cc1ccc(Nc2nc(CCl)cs2)cc1Cl. The van der Waals surface area contributed by atoms with E-state index in [-0.39, 0.29) is 0 Å². The Morgan fingerprint density at radius 2 is 2.25 bits per heavy atom. The van der Waals surface area contributed by atoms with Crippen LogP contribution >= 0.6 is 34.5 Å². The molecule has 1 aromatic carbocycles. The average Bonchev–Trinajstić information content (AvgIpc) is 2.71. The Morgan fingerprint density at radius 3 is 2.88 bits per heavy atom. The Balaban J connectivity index is 2.17. The molecule has 0 unspecified atom stereocenters. The number of thiazole rings is 1. The summed E-state index contributed by atoms with van der Waals surface area (Å²) in [6.07, 6.45) is 0. The molecular formula is C11H10Cl2N2S. The summed E-state index contributed by atoms with van der Waals surface area (Å²) in [5, 5.41) is 6.71. The molecule has 2 nitrogen and oxygen atoms in total. The van der Waals surface area contributed by atoms with E-state index in [0.29, 0.717) is 5.88 Å². The van der Waals surface area contributed by atoms with Crippen LogP contribution in [0.15, 0.2) is 23.6 Å². The Kier molecular flexibility index (Phi) is 3.69. The van der Waals surface area contributed by atoms with Gasteiger partial charge in [0.2, 0.25) is 0 Å². The molecule has 2 aromatic rings. The van der Waals surface area contributed by atoms with E-state index in [4.69, 9.17) is 23.2 Å². The highest BCUT2D eigenvalue weighted by molar-refractivity contribution is 7.13. The van der Waals surface area contributed by atoms with E-state index in [1.54, 1.807) is 0 Å². The van der Waals surface area contributed by atoms with Gasteiger partial charge in [0.05, 0.1) is 11.6 Å². The second-order valence-electron chi connectivity index (χ2n) is 3.37. The number of alkyl halides is 1. The van der Waals surface area contributed by atoms with E-state index in [9.17, 15) is 0 Å². The molecule has 2 rings (SSSR count). The summed E-state index contributed by atoms with van der Waals surface area (Å²) < 4.78 is 0. The van der Waals surface area contributed by atoms with Crippen molar-refractivity contribution in [2.75, 3.05) is 5.32 Å². The van der Waals surface area contributed by atoms with Crippen molar-refractivity contribution in [3.63, 3.8) is 0 Å². The number of nitrogens with one attached hydrogen (secondary N) is 1. The summed E-state index contributed by atoms with van der Waals surface area (Å²) in [6, 6.07) is 5.84. The topological polar surface area (TPSA) is 24.9 Å². The first kappa shape index (κ1) is 11.7.